The molecular weight excluding hydrogens is 374 g/mol. The second-order valence-electron chi connectivity index (χ2n) is 5.89. The van der Waals surface area contributed by atoms with E-state index in [-0.39, 0.29) is 17.8 Å². The largest absolute Gasteiger partial charge is 0.369 e. The van der Waals surface area contributed by atoms with Crippen LogP contribution in [-0.2, 0) is 0 Å². The van der Waals surface area contributed by atoms with Gasteiger partial charge >= 0.3 is 0 Å². The number of carbonyl (C=O) groups excluding carboxylic acids is 1. The first kappa shape index (κ1) is 17.9. The number of hydrogen-bond acceptors (Lipinski definition) is 6. The molecule has 8 heteroatoms. The number of carbonyl (C=O) groups is 1. The molecule has 140 valence electrons. The number of aliphatic hydroxyl groups is 1. The molecule has 4 rings (SSSR count). The van der Waals surface area contributed by atoms with Gasteiger partial charge in [-0.1, -0.05) is 42.5 Å². The molecule has 1 atom stereocenters. The van der Waals surface area contributed by atoms with Crippen molar-refractivity contribution in [3.8, 4) is 5.69 Å². The van der Waals surface area contributed by atoms with E-state index in [1.165, 1.54) is 16.0 Å². The fourth-order valence-corrected chi connectivity index (χ4v) is 3.27. The minimum atomic E-state index is -0.940. The third kappa shape index (κ3) is 3.93. The van der Waals surface area contributed by atoms with Crippen molar-refractivity contribution >= 4 is 29.1 Å². The maximum Gasteiger partial charge on any atom is 0.258 e. The van der Waals surface area contributed by atoms with Crippen LogP contribution in [0.3, 0.4) is 0 Å². The van der Waals surface area contributed by atoms with E-state index in [1.54, 1.807) is 24.3 Å². The van der Waals surface area contributed by atoms with E-state index in [0.717, 1.165) is 10.6 Å². The number of anilines is 2. The van der Waals surface area contributed by atoms with Gasteiger partial charge in [0.2, 0.25) is 11.9 Å². The van der Waals surface area contributed by atoms with Gasteiger partial charge in [-0.05, 0) is 35.7 Å². The van der Waals surface area contributed by atoms with E-state index in [4.69, 9.17) is 0 Å². The number of nitrogens with one attached hydrogen (secondary N) is 2. The number of aliphatic hydroxyl groups excluding tert-OH is 1. The Kier molecular flexibility index (Phi) is 5.14. The van der Waals surface area contributed by atoms with E-state index in [9.17, 15) is 9.90 Å². The van der Waals surface area contributed by atoms with Crippen molar-refractivity contribution in [1.82, 2.24) is 14.8 Å². The number of benzene rings is 2. The van der Waals surface area contributed by atoms with Gasteiger partial charge in [-0.25, -0.2) is 0 Å². The van der Waals surface area contributed by atoms with Gasteiger partial charge in [0.05, 0.1) is 10.6 Å². The first-order chi connectivity index (χ1) is 13.7. The fourth-order valence-electron chi connectivity index (χ4n) is 2.61. The highest BCUT2D eigenvalue weighted by atomic mass is 32.1. The summed E-state index contributed by atoms with van der Waals surface area (Å²) in [6.45, 7) is 0. The molecule has 3 N–H and O–H groups in total. The number of aromatic nitrogens is 3. The van der Waals surface area contributed by atoms with Crippen LogP contribution in [0.1, 0.15) is 21.5 Å². The Labute approximate surface area is 165 Å². The number of thiophene rings is 1. The molecule has 0 aliphatic carbocycles. The first-order valence-corrected chi connectivity index (χ1v) is 9.45. The average molecular weight is 391 g/mol. The minimum Gasteiger partial charge on any atom is -0.369 e. The third-order valence-corrected chi connectivity index (χ3v) is 4.87. The number of nitrogens with zero attached hydrogens (tertiary/aromatic N) is 3. The summed E-state index contributed by atoms with van der Waals surface area (Å²) in [6, 6.07) is 21.9. The minimum absolute atomic E-state index is 0.202. The molecule has 2 aromatic carbocycles. The Bertz CT molecular complexity index is 1050. The van der Waals surface area contributed by atoms with Crippen molar-refractivity contribution in [2.24, 2.45) is 0 Å². The van der Waals surface area contributed by atoms with Crippen molar-refractivity contribution < 1.29 is 9.90 Å². The summed E-state index contributed by atoms with van der Waals surface area (Å²) in [5.41, 5.74) is 1.25. The molecule has 7 nitrogen and oxygen atoms in total. The van der Waals surface area contributed by atoms with Crippen LogP contribution in [0, 0.1) is 0 Å². The second kappa shape index (κ2) is 8.03. The lowest BCUT2D eigenvalue weighted by molar-refractivity contribution is 0.102. The van der Waals surface area contributed by atoms with Gasteiger partial charge in [-0.15, -0.1) is 16.4 Å². The Morgan fingerprint density at radius 1 is 1.00 bits per heavy atom. The molecule has 0 aliphatic rings. The normalized spacial score (nSPS) is 11.8. The lowest BCUT2D eigenvalue weighted by Gasteiger charge is -2.08. The fraction of sp³-hybridized carbons (Fsp3) is 0.0500. The van der Waals surface area contributed by atoms with Gasteiger partial charge < -0.3 is 10.4 Å². The molecule has 0 fully saturated rings. The molecule has 0 saturated carbocycles. The highest BCUT2D eigenvalue weighted by molar-refractivity contribution is 7.10. The molecule has 0 bridgehead atoms. The molecule has 4 aromatic rings. The molecule has 0 spiro atoms. The van der Waals surface area contributed by atoms with Crippen LogP contribution in [-0.4, -0.2) is 25.8 Å². The molecule has 2 heterocycles. The molecule has 2 aromatic heterocycles. The summed E-state index contributed by atoms with van der Waals surface area (Å²) in [5, 5.41) is 22.2. The Balaban J connectivity index is 1.63. The van der Waals surface area contributed by atoms with Gasteiger partial charge in [-0.2, -0.15) is 9.67 Å². The van der Waals surface area contributed by atoms with Crippen LogP contribution in [0.2, 0.25) is 0 Å². The quantitative estimate of drug-likeness (QED) is 0.436. The third-order valence-electron chi connectivity index (χ3n) is 3.95. The summed E-state index contributed by atoms with van der Waals surface area (Å²) in [5.74, 6) is 0.157. The highest BCUT2D eigenvalue weighted by Crippen LogP contribution is 2.22. The summed E-state index contributed by atoms with van der Waals surface area (Å²) in [6.07, 6.45) is -0.940. The van der Waals surface area contributed by atoms with Gasteiger partial charge in [0.25, 0.3) is 5.91 Å². The van der Waals surface area contributed by atoms with Crippen molar-refractivity contribution in [1.29, 1.82) is 0 Å². The van der Waals surface area contributed by atoms with Crippen molar-refractivity contribution in [3.63, 3.8) is 0 Å². The lowest BCUT2D eigenvalue weighted by atomic mass is 10.2. The standard InChI is InChI=1S/C20H17N5O2S/c26-17(14-8-3-1-4-9-14)22-20-23-19(21-18(27)16-12-7-13-28-16)24-25(20)15-10-5-2-6-11-15/h1-13,18,27H,(H2,21,22,23,24,26). The van der Waals surface area contributed by atoms with Gasteiger partial charge in [0.1, 0.15) is 0 Å². The summed E-state index contributed by atoms with van der Waals surface area (Å²) >= 11 is 1.42. The molecule has 0 radical (unpaired) electrons. The van der Waals surface area contributed by atoms with Crippen LogP contribution >= 0.6 is 11.3 Å². The maximum absolute atomic E-state index is 12.6. The zero-order chi connectivity index (χ0) is 19.3. The first-order valence-electron chi connectivity index (χ1n) is 8.57. The van der Waals surface area contributed by atoms with Crippen LogP contribution in [0.25, 0.3) is 5.69 Å². The van der Waals surface area contributed by atoms with Crippen molar-refractivity contribution in [2.75, 3.05) is 10.6 Å². The van der Waals surface area contributed by atoms with Crippen molar-refractivity contribution in [2.45, 2.75) is 6.23 Å². The second-order valence-corrected chi connectivity index (χ2v) is 6.87. The average Bonchev–Trinajstić information content (AvgIpc) is 3.40. The lowest BCUT2D eigenvalue weighted by Crippen LogP contribution is -2.15. The molecule has 28 heavy (non-hydrogen) atoms. The van der Waals surface area contributed by atoms with Crippen LogP contribution in [0.5, 0.6) is 0 Å². The number of para-hydroxylation sites is 1. The summed E-state index contributed by atoms with van der Waals surface area (Å²) < 4.78 is 1.52. The van der Waals surface area contributed by atoms with Gasteiger partial charge in [-0.3, -0.25) is 10.1 Å². The van der Waals surface area contributed by atoms with Crippen LogP contribution in [0.4, 0.5) is 11.9 Å². The Hall–Kier alpha value is -3.49. The molecule has 1 unspecified atom stereocenters. The predicted molar refractivity (Wildman–Crippen MR) is 109 cm³/mol. The predicted octanol–water partition coefficient (Wildman–Crippen LogP) is 3.68. The monoisotopic (exact) mass is 391 g/mol. The number of hydrogen-bond donors (Lipinski definition) is 3. The van der Waals surface area contributed by atoms with Crippen molar-refractivity contribution in [3.05, 3.63) is 88.6 Å². The maximum atomic E-state index is 12.6. The van der Waals surface area contributed by atoms with E-state index in [2.05, 4.69) is 20.7 Å². The van der Waals surface area contributed by atoms with Crippen LogP contribution < -0.4 is 10.6 Å². The molecule has 0 aliphatic heterocycles. The SMILES string of the molecule is O=C(Nc1nc(NC(O)c2cccs2)nn1-c1ccccc1)c1ccccc1. The Morgan fingerprint density at radius 3 is 2.39 bits per heavy atom. The number of rotatable bonds is 6. The van der Waals surface area contributed by atoms with E-state index in [0.29, 0.717) is 5.56 Å². The number of amides is 1. The molecule has 1 amide bonds. The van der Waals surface area contributed by atoms with E-state index < -0.39 is 6.23 Å². The van der Waals surface area contributed by atoms with E-state index >= 15 is 0 Å². The summed E-state index contributed by atoms with van der Waals surface area (Å²) in [7, 11) is 0. The smallest absolute Gasteiger partial charge is 0.258 e. The van der Waals surface area contributed by atoms with Crippen LogP contribution in [0.15, 0.2) is 78.2 Å². The van der Waals surface area contributed by atoms with E-state index in [1.807, 2.05) is 53.9 Å². The van der Waals surface area contributed by atoms with Gasteiger partial charge in [0.15, 0.2) is 6.23 Å². The zero-order valence-corrected chi connectivity index (χ0v) is 15.5. The van der Waals surface area contributed by atoms with Gasteiger partial charge in [0, 0.05) is 5.56 Å². The summed E-state index contributed by atoms with van der Waals surface area (Å²) in [4.78, 5) is 17.7. The highest BCUT2D eigenvalue weighted by Gasteiger charge is 2.17. The zero-order valence-electron chi connectivity index (χ0n) is 14.7. The topological polar surface area (TPSA) is 92.1 Å². The Morgan fingerprint density at radius 2 is 1.71 bits per heavy atom. The molecular formula is C20H17N5O2S. The molecule has 0 saturated heterocycles.